The Kier molecular flexibility index (Phi) is 3.33. The lowest BCUT2D eigenvalue weighted by atomic mass is 10.1. The van der Waals surface area contributed by atoms with Gasteiger partial charge in [0.25, 0.3) is 0 Å². The molecule has 0 aromatic carbocycles. The summed E-state index contributed by atoms with van der Waals surface area (Å²) in [5.74, 6) is 0. The Morgan fingerprint density at radius 2 is 2.45 bits per heavy atom. The highest BCUT2D eigenvalue weighted by Gasteiger charge is 1.96. The van der Waals surface area contributed by atoms with E-state index in [0.29, 0.717) is 0 Å². The molecule has 0 spiro atoms. The molecule has 0 unspecified atom stereocenters. The van der Waals surface area contributed by atoms with Crippen LogP contribution in [0.15, 0.2) is 29.7 Å². The van der Waals surface area contributed by atoms with Gasteiger partial charge in [0.2, 0.25) is 0 Å². The minimum atomic E-state index is 0.213. The van der Waals surface area contributed by atoms with Crippen LogP contribution in [0.2, 0.25) is 0 Å². The molecule has 11 heavy (non-hydrogen) atoms. The van der Waals surface area contributed by atoms with Gasteiger partial charge in [-0.1, -0.05) is 18.2 Å². The first-order valence-corrected chi connectivity index (χ1v) is 4.51. The minimum absolute atomic E-state index is 0.213. The van der Waals surface area contributed by atoms with E-state index in [9.17, 15) is 0 Å². The van der Waals surface area contributed by atoms with E-state index < -0.39 is 0 Å². The van der Waals surface area contributed by atoms with Crippen molar-refractivity contribution in [2.75, 3.05) is 6.61 Å². The molecule has 0 bridgehead atoms. The van der Waals surface area contributed by atoms with E-state index >= 15 is 0 Å². The van der Waals surface area contributed by atoms with Crippen LogP contribution < -0.4 is 0 Å². The van der Waals surface area contributed by atoms with E-state index in [0.717, 1.165) is 18.4 Å². The fourth-order valence-corrected chi connectivity index (χ4v) is 1.68. The second-order valence-electron chi connectivity index (χ2n) is 2.48. The number of aliphatic hydroxyl groups excluding tert-OH is 1. The molecule has 0 saturated carbocycles. The average Bonchev–Trinajstić information content (AvgIpc) is 2.40. The molecule has 1 rings (SSSR count). The van der Waals surface area contributed by atoms with Crippen molar-refractivity contribution < 1.29 is 5.11 Å². The van der Waals surface area contributed by atoms with Gasteiger partial charge in [-0.05, 0) is 17.9 Å². The summed E-state index contributed by atoms with van der Waals surface area (Å²) in [5, 5.41) is 10.7. The molecule has 1 aromatic heterocycles. The third-order valence-corrected chi connectivity index (χ3v) is 2.35. The summed E-state index contributed by atoms with van der Waals surface area (Å²) in [4.78, 5) is 1.32. The normalized spacial score (nSPS) is 9.91. The summed E-state index contributed by atoms with van der Waals surface area (Å²) in [6.45, 7) is 4.08. The van der Waals surface area contributed by atoms with Crippen molar-refractivity contribution in [1.82, 2.24) is 0 Å². The molecule has 0 amide bonds. The number of hydrogen-bond donors (Lipinski definition) is 1. The maximum Gasteiger partial charge on any atom is 0.0468 e. The van der Waals surface area contributed by atoms with Crippen LogP contribution in [0.5, 0.6) is 0 Å². The summed E-state index contributed by atoms with van der Waals surface area (Å²) in [6, 6.07) is 4.12. The van der Waals surface area contributed by atoms with Crippen LogP contribution in [0.3, 0.4) is 0 Å². The van der Waals surface area contributed by atoms with Crippen LogP contribution in [-0.4, -0.2) is 11.7 Å². The van der Waals surface area contributed by atoms with E-state index in [-0.39, 0.29) is 6.61 Å². The number of thiophene rings is 1. The van der Waals surface area contributed by atoms with Crippen molar-refractivity contribution in [1.29, 1.82) is 0 Å². The smallest absolute Gasteiger partial charge is 0.0468 e. The predicted octanol–water partition coefficient (Wildman–Crippen LogP) is 2.23. The third-order valence-electron chi connectivity index (χ3n) is 1.47. The third kappa shape index (κ3) is 2.87. The van der Waals surface area contributed by atoms with Gasteiger partial charge < -0.3 is 5.11 Å². The minimum Gasteiger partial charge on any atom is -0.396 e. The van der Waals surface area contributed by atoms with Crippen molar-refractivity contribution in [2.45, 2.75) is 12.8 Å². The molecule has 1 nitrogen and oxygen atoms in total. The lowest BCUT2D eigenvalue weighted by Crippen LogP contribution is -1.89. The molecule has 0 aliphatic rings. The molecule has 0 radical (unpaired) electrons. The number of hydrogen-bond acceptors (Lipinski definition) is 2. The Morgan fingerprint density at radius 1 is 1.64 bits per heavy atom. The van der Waals surface area contributed by atoms with E-state index in [2.05, 4.69) is 18.0 Å². The standard InChI is InChI=1S/C9H12OS/c1-8(4-5-10)7-9-3-2-6-11-9/h2-3,6,10H,1,4-5,7H2. The van der Waals surface area contributed by atoms with E-state index in [4.69, 9.17) is 5.11 Å². The lowest BCUT2D eigenvalue weighted by Gasteiger charge is -1.99. The maximum atomic E-state index is 8.61. The fraction of sp³-hybridized carbons (Fsp3) is 0.333. The highest BCUT2D eigenvalue weighted by atomic mass is 32.1. The molecule has 0 fully saturated rings. The van der Waals surface area contributed by atoms with Gasteiger partial charge in [0.15, 0.2) is 0 Å². The van der Waals surface area contributed by atoms with Crippen molar-refractivity contribution in [3.8, 4) is 0 Å². The maximum absolute atomic E-state index is 8.61. The first-order chi connectivity index (χ1) is 5.33. The average molecular weight is 168 g/mol. The Labute approximate surface area is 71.0 Å². The van der Waals surface area contributed by atoms with Gasteiger partial charge in [0.05, 0.1) is 0 Å². The lowest BCUT2D eigenvalue weighted by molar-refractivity contribution is 0.298. The van der Waals surface area contributed by atoms with Gasteiger partial charge in [-0.3, -0.25) is 0 Å². The largest absolute Gasteiger partial charge is 0.396 e. The quantitative estimate of drug-likeness (QED) is 0.683. The van der Waals surface area contributed by atoms with E-state index in [1.54, 1.807) is 11.3 Å². The van der Waals surface area contributed by atoms with Crippen LogP contribution >= 0.6 is 11.3 Å². The zero-order valence-corrected chi connectivity index (χ0v) is 7.23. The first kappa shape index (κ1) is 8.50. The Balaban J connectivity index is 2.37. The van der Waals surface area contributed by atoms with Crippen molar-refractivity contribution in [3.05, 3.63) is 34.5 Å². The highest BCUT2D eigenvalue weighted by Crippen LogP contribution is 2.14. The summed E-state index contributed by atoms with van der Waals surface area (Å²) in [7, 11) is 0. The topological polar surface area (TPSA) is 20.2 Å². The SMILES string of the molecule is C=C(CCO)Cc1cccs1. The summed E-state index contributed by atoms with van der Waals surface area (Å²) < 4.78 is 0. The van der Waals surface area contributed by atoms with Gasteiger partial charge in [-0.15, -0.1) is 11.3 Å². The summed E-state index contributed by atoms with van der Waals surface area (Å²) in [5.41, 5.74) is 1.11. The summed E-state index contributed by atoms with van der Waals surface area (Å²) >= 11 is 1.73. The van der Waals surface area contributed by atoms with Gasteiger partial charge >= 0.3 is 0 Å². The molecule has 0 aliphatic heterocycles. The Morgan fingerprint density at radius 3 is 3.00 bits per heavy atom. The highest BCUT2D eigenvalue weighted by molar-refractivity contribution is 7.09. The molecule has 0 saturated heterocycles. The Bertz CT molecular complexity index is 213. The second-order valence-corrected chi connectivity index (χ2v) is 3.51. The van der Waals surface area contributed by atoms with Crippen LogP contribution in [-0.2, 0) is 6.42 Å². The first-order valence-electron chi connectivity index (χ1n) is 3.63. The van der Waals surface area contributed by atoms with Crippen LogP contribution in [0, 0.1) is 0 Å². The molecule has 0 atom stereocenters. The van der Waals surface area contributed by atoms with Gasteiger partial charge in [0, 0.05) is 17.9 Å². The molecule has 1 N–H and O–H groups in total. The van der Waals surface area contributed by atoms with Gasteiger partial charge in [-0.25, -0.2) is 0 Å². The monoisotopic (exact) mass is 168 g/mol. The molecule has 60 valence electrons. The van der Waals surface area contributed by atoms with E-state index in [1.165, 1.54) is 4.88 Å². The van der Waals surface area contributed by atoms with Crippen LogP contribution in [0.4, 0.5) is 0 Å². The van der Waals surface area contributed by atoms with Crippen molar-refractivity contribution in [2.24, 2.45) is 0 Å². The van der Waals surface area contributed by atoms with E-state index in [1.807, 2.05) is 6.07 Å². The second kappa shape index (κ2) is 4.31. The van der Waals surface area contributed by atoms with Crippen LogP contribution in [0.25, 0.3) is 0 Å². The zero-order chi connectivity index (χ0) is 8.10. The van der Waals surface area contributed by atoms with Crippen molar-refractivity contribution in [3.63, 3.8) is 0 Å². The molecule has 1 aromatic rings. The van der Waals surface area contributed by atoms with Gasteiger partial charge in [0.1, 0.15) is 0 Å². The summed E-state index contributed by atoms with van der Waals surface area (Å²) in [6.07, 6.45) is 1.64. The molecular weight excluding hydrogens is 156 g/mol. The molecule has 2 heteroatoms. The van der Waals surface area contributed by atoms with Crippen LogP contribution in [0.1, 0.15) is 11.3 Å². The van der Waals surface area contributed by atoms with Crippen molar-refractivity contribution >= 4 is 11.3 Å². The zero-order valence-electron chi connectivity index (χ0n) is 6.42. The molecule has 0 aliphatic carbocycles. The number of rotatable bonds is 4. The molecular formula is C9H12OS. The number of aliphatic hydroxyl groups is 1. The Hall–Kier alpha value is -0.600. The van der Waals surface area contributed by atoms with Gasteiger partial charge in [-0.2, -0.15) is 0 Å². The predicted molar refractivity (Wildman–Crippen MR) is 48.9 cm³/mol. The fourth-order valence-electron chi connectivity index (χ4n) is 0.906. The molecule has 1 heterocycles.